The van der Waals surface area contributed by atoms with E-state index in [-0.39, 0.29) is 18.3 Å². The van der Waals surface area contributed by atoms with Gasteiger partial charge in [0.25, 0.3) is 0 Å². The summed E-state index contributed by atoms with van der Waals surface area (Å²) in [5, 5.41) is 0. The van der Waals surface area contributed by atoms with Gasteiger partial charge in [0.2, 0.25) is 0 Å². The van der Waals surface area contributed by atoms with Crippen molar-refractivity contribution in [1.82, 2.24) is 0 Å². The van der Waals surface area contributed by atoms with Crippen LogP contribution in [-0.2, 0) is 10.9 Å². The molecule has 100 valence electrons. The number of carbonyl (C=O) groups is 1. The minimum absolute atomic E-state index is 0.155. The predicted molar refractivity (Wildman–Crippen MR) is 61.6 cm³/mol. The number of hydrogen-bond acceptors (Lipinski definition) is 2. The number of aryl methyl sites for hydroxylation is 1. The maximum absolute atomic E-state index is 12.5. The lowest BCUT2D eigenvalue weighted by atomic mass is 9.98. The molecule has 1 rings (SSSR count). The highest BCUT2D eigenvalue weighted by atomic mass is 19.4. The van der Waals surface area contributed by atoms with Crippen LogP contribution >= 0.6 is 0 Å². The molecule has 1 unspecified atom stereocenters. The van der Waals surface area contributed by atoms with E-state index < -0.39 is 11.7 Å². The Morgan fingerprint density at radius 2 is 2.00 bits per heavy atom. The first-order chi connectivity index (χ1) is 8.25. The van der Waals surface area contributed by atoms with Gasteiger partial charge >= 0.3 is 6.18 Å². The molecule has 0 spiro atoms. The monoisotopic (exact) mass is 260 g/mol. The number of Topliss-reactive ketones (excluding diaryl/α,β-unsaturated/α-hetero) is 1. The number of ketones is 1. The van der Waals surface area contributed by atoms with Crippen molar-refractivity contribution < 1.29 is 22.7 Å². The summed E-state index contributed by atoms with van der Waals surface area (Å²) < 4.78 is 42.3. The molecule has 18 heavy (non-hydrogen) atoms. The lowest BCUT2D eigenvalue weighted by Gasteiger charge is -2.12. The van der Waals surface area contributed by atoms with Gasteiger partial charge in [0, 0.05) is 19.1 Å². The fourth-order valence-electron chi connectivity index (χ4n) is 1.61. The molecule has 0 bridgehead atoms. The summed E-state index contributed by atoms with van der Waals surface area (Å²) >= 11 is 0. The Morgan fingerprint density at radius 1 is 1.39 bits per heavy atom. The van der Waals surface area contributed by atoms with Crippen molar-refractivity contribution in [3.63, 3.8) is 0 Å². The second-order valence-corrected chi connectivity index (χ2v) is 4.20. The highest BCUT2D eigenvalue weighted by Gasteiger charge is 2.31. The Morgan fingerprint density at radius 3 is 2.44 bits per heavy atom. The van der Waals surface area contributed by atoms with Gasteiger partial charge in [-0.3, -0.25) is 4.79 Å². The summed E-state index contributed by atoms with van der Waals surface area (Å²) in [7, 11) is 1.48. The Hall–Kier alpha value is -1.36. The van der Waals surface area contributed by atoms with Crippen LogP contribution in [0, 0.1) is 6.92 Å². The van der Waals surface area contributed by atoms with Gasteiger partial charge < -0.3 is 4.74 Å². The molecule has 5 heteroatoms. The lowest BCUT2D eigenvalue weighted by Crippen LogP contribution is -2.14. The first-order valence-electron chi connectivity index (χ1n) is 5.49. The lowest BCUT2D eigenvalue weighted by molar-refractivity contribution is -0.137. The zero-order valence-electron chi connectivity index (χ0n) is 10.5. The van der Waals surface area contributed by atoms with E-state index in [1.54, 1.807) is 6.92 Å². The van der Waals surface area contributed by atoms with Crippen molar-refractivity contribution in [2.24, 2.45) is 0 Å². The third-order valence-electron chi connectivity index (χ3n) is 2.73. The van der Waals surface area contributed by atoms with Gasteiger partial charge in [-0.05, 0) is 31.5 Å². The molecular formula is C13H15F3O2. The molecule has 0 radical (unpaired) electrons. The van der Waals surface area contributed by atoms with Crippen molar-refractivity contribution in [1.29, 1.82) is 0 Å². The van der Waals surface area contributed by atoms with Gasteiger partial charge in [-0.2, -0.15) is 13.2 Å². The average molecular weight is 260 g/mol. The predicted octanol–water partition coefficient (Wildman–Crippen LogP) is 3.62. The Labute approximate surface area is 104 Å². The minimum Gasteiger partial charge on any atom is -0.381 e. The van der Waals surface area contributed by atoms with E-state index >= 15 is 0 Å². The van der Waals surface area contributed by atoms with Gasteiger partial charge in [0.05, 0.1) is 11.7 Å². The number of carbonyl (C=O) groups excluding carboxylic acids is 1. The number of benzene rings is 1. The van der Waals surface area contributed by atoms with Crippen LogP contribution in [0.2, 0.25) is 0 Å². The fourth-order valence-corrected chi connectivity index (χ4v) is 1.61. The summed E-state index contributed by atoms with van der Waals surface area (Å²) in [5.74, 6) is -0.212. The smallest absolute Gasteiger partial charge is 0.381 e. The van der Waals surface area contributed by atoms with Crippen molar-refractivity contribution in [2.75, 3.05) is 7.11 Å². The molecule has 0 saturated heterocycles. The number of halogens is 3. The van der Waals surface area contributed by atoms with E-state index in [1.807, 2.05) is 0 Å². The van der Waals surface area contributed by atoms with Crippen LogP contribution < -0.4 is 0 Å². The molecule has 0 saturated carbocycles. The number of methoxy groups -OCH3 is 1. The topological polar surface area (TPSA) is 26.3 Å². The van der Waals surface area contributed by atoms with Crippen molar-refractivity contribution in [2.45, 2.75) is 32.5 Å². The number of ether oxygens (including phenoxy) is 1. The summed E-state index contributed by atoms with van der Waals surface area (Å²) in [6.45, 7) is 3.23. The van der Waals surface area contributed by atoms with E-state index in [0.717, 1.165) is 12.1 Å². The van der Waals surface area contributed by atoms with Crippen LogP contribution in [0.1, 0.15) is 34.8 Å². The van der Waals surface area contributed by atoms with E-state index in [0.29, 0.717) is 11.1 Å². The molecule has 0 amide bonds. The molecule has 0 aliphatic rings. The maximum Gasteiger partial charge on any atom is 0.416 e. The van der Waals surface area contributed by atoms with Crippen LogP contribution in [-0.4, -0.2) is 19.0 Å². The summed E-state index contributed by atoms with van der Waals surface area (Å²) in [6, 6.07) is 3.14. The minimum atomic E-state index is -4.38. The van der Waals surface area contributed by atoms with Crippen LogP contribution in [0.25, 0.3) is 0 Å². The second kappa shape index (κ2) is 5.52. The van der Waals surface area contributed by atoms with Crippen LogP contribution in [0.5, 0.6) is 0 Å². The molecule has 0 fully saturated rings. The Bertz CT molecular complexity index is 438. The van der Waals surface area contributed by atoms with Gasteiger partial charge in [0.15, 0.2) is 5.78 Å². The van der Waals surface area contributed by atoms with E-state index in [1.165, 1.54) is 20.1 Å². The largest absolute Gasteiger partial charge is 0.416 e. The van der Waals surface area contributed by atoms with Crippen LogP contribution in [0.15, 0.2) is 18.2 Å². The van der Waals surface area contributed by atoms with Crippen molar-refractivity contribution in [3.8, 4) is 0 Å². The molecule has 1 aromatic rings. The normalized spacial score (nSPS) is 13.4. The van der Waals surface area contributed by atoms with Gasteiger partial charge in [-0.15, -0.1) is 0 Å². The molecule has 0 N–H and O–H groups in total. The molecule has 0 aromatic heterocycles. The zero-order chi connectivity index (χ0) is 13.9. The van der Waals surface area contributed by atoms with Crippen LogP contribution in [0.4, 0.5) is 13.2 Å². The second-order valence-electron chi connectivity index (χ2n) is 4.20. The van der Waals surface area contributed by atoms with Gasteiger partial charge in [-0.1, -0.05) is 6.07 Å². The molecular weight excluding hydrogens is 245 g/mol. The van der Waals surface area contributed by atoms with E-state index in [4.69, 9.17) is 4.74 Å². The molecule has 0 heterocycles. The fraction of sp³-hybridized carbons (Fsp3) is 0.462. The average Bonchev–Trinajstić information content (AvgIpc) is 2.27. The summed E-state index contributed by atoms with van der Waals surface area (Å²) in [5.41, 5.74) is -0.0960. The standard InChI is InChI=1S/C13H15F3O2/c1-8-6-10(13(14,15)16)4-5-11(8)12(17)7-9(2)18-3/h4-6,9H,7H2,1-3H3. The Balaban J connectivity index is 2.96. The van der Waals surface area contributed by atoms with E-state index in [2.05, 4.69) is 0 Å². The molecule has 0 aliphatic heterocycles. The Kier molecular flexibility index (Phi) is 4.51. The van der Waals surface area contributed by atoms with E-state index in [9.17, 15) is 18.0 Å². The summed E-state index contributed by atoms with van der Waals surface area (Å²) in [6.07, 6.45) is -4.48. The van der Waals surface area contributed by atoms with Crippen molar-refractivity contribution >= 4 is 5.78 Å². The first-order valence-corrected chi connectivity index (χ1v) is 5.49. The number of rotatable bonds is 4. The third-order valence-corrected chi connectivity index (χ3v) is 2.73. The zero-order valence-corrected chi connectivity index (χ0v) is 10.5. The maximum atomic E-state index is 12.5. The first kappa shape index (κ1) is 14.7. The third kappa shape index (κ3) is 3.57. The molecule has 0 aliphatic carbocycles. The summed E-state index contributed by atoms with van der Waals surface area (Å²) in [4.78, 5) is 11.8. The van der Waals surface area contributed by atoms with Crippen molar-refractivity contribution in [3.05, 3.63) is 34.9 Å². The molecule has 2 nitrogen and oxygen atoms in total. The van der Waals surface area contributed by atoms with Crippen LogP contribution in [0.3, 0.4) is 0 Å². The SMILES string of the molecule is COC(C)CC(=O)c1ccc(C(F)(F)F)cc1C. The molecule has 1 atom stereocenters. The van der Waals surface area contributed by atoms with Gasteiger partial charge in [-0.25, -0.2) is 0 Å². The molecule has 1 aromatic carbocycles. The highest BCUT2D eigenvalue weighted by molar-refractivity contribution is 5.97. The highest BCUT2D eigenvalue weighted by Crippen LogP contribution is 2.30. The number of hydrogen-bond donors (Lipinski definition) is 0. The van der Waals surface area contributed by atoms with Gasteiger partial charge in [0.1, 0.15) is 0 Å². The number of alkyl halides is 3. The quantitative estimate of drug-likeness (QED) is 0.773.